The van der Waals surface area contributed by atoms with Crippen LogP contribution in [0.4, 0.5) is 20.6 Å². The van der Waals surface area contributed by atoms with Crippen molar-refractivity contribution in [2.24, 2.45) is 7.05 Å². The summed E-state index contributed by atoms with van der Waals surface area (Å²) in [6.45, 7) is 1.88. The number of carbonyl (C=O) groups excluding carboxylic acids is 2. The molecule has 0 saturated carbocycles. The molecule has 0 radical (unpaired) electrons. The van der Waals surface area contributed by atoms with Crippen molar-refractivity contribution in [3.63, 3.8) is 0 Å². The maximum atomic E-state index is 13.7. The summed E-state index contributed by atoms with van der Waals surface area (Å²) in [6.07, 6.45) is -0.796. The van der Waals surface area contributed by atoms with Crippen LogP contribution in [0.1, 0.15) is 15.4 Å². The molecule has 130 valence electrons. The van der Waals surface area contributed by atoms with Gasteiger partial charge in [0.15, 0.2) is 0 Å². The molecule has 0 bridgehead atoms. The minimum Gasteiger partial charge on any atom is -0.453 e. The number of benzene rings is 1. The molecule has 0 fully saturated rings. The Morgan fingerprint density at radius 2 is 2.04 bits per heavy atom. The normalized spacial score (nSPS) is 10.7. The molecule has 1 aromatic carbocycles. The molecule has 2 amide bonds. The number of hydrogen-bond donors (Lipinski definition) is 2. The molecule has 0 aliphatic rings. The van der Waals surface area contributed by atoms with Gasteiger partial charge in [-0.2, -0.15) is 5.10 Å². The fourth-order valence-corrected chi connectivity index (χ4v) is 3.39. The third-order valence-corrected chi connectivity index (χ3v) is 4.77. The summed E-state index contributed by atoms with van der Waals surface area (Å²) < 4.78 is 19.9. The van der Waals surface area contributed by atoms with Crippen LogP contribution >= 0.6 is 11.3 Å². The van der Waals surface area contributed by atoms with Gasteiger partial charge in [0.1, 0.15) is 10.6 Å². The molecule has 3 rings (SSSR count). The fourth-order valence-electron chi connectivity index (χ4n) is 2.37. The third kappa shape index (κ3) is 3.31. The standard InChI is InChI=1S/C16H15FN4O3S/c1-8-10-7-13(25-15(10)21(2)20-8)14(22)18-9-4-5-11(17)12(6-9)19-16(23)24-3/h4-7H,1-3H3,(H,18,22)(H,19,23). The SMILES string of the molecule is COC(=O)Nc1cc(NC(=O)c2cc3c(C)nn(C)c3s2)ccc1F. The second kappa shape index (κ2) is 6.52. The molecule has 2 N–H and O–H groups in total. The summed E-state index contributed by atoms with van der Waals surface area (Å²) in [7, 11) is 3.00. The van der Waals surface area contributed by atoms with Crippen molar-refractivity contribution in [1.29, 1.82) is 0 Å². The quantitative estimate of drug-likeness (QED) is 0.747. The Labute approximate surface area is 146 Å². The zero-order chi connectivity index (χ0) is 18.1. The summed E-state index contributed by atoms with van der Waals surface area (Å²) in [6, 6.07) is 5.66. The van der Waals surface area contributed by atoms with E-state index >= 15 is 0 Å². The molecule has 3 aromatic rings. The Morgan fingerprint density at radius 3 is 2.72 bits per heavy atom. The van der Waals surface area contributed by atoms with Crippen LogP contribution in [0.15, 0.2) is 24.3 Å². The minimum atomic E-state index is -0.796. The molecule has 0 atom stereocenters. The van der Waals surface area contributed by atoms with Crippen molar-refractivity contribution in [3.05, 3.63) is 40.7 Å². The van der Waals surface area contributed by atoms with E-state index in [-0.39, 0.29) is 11.6 Å². The number of methoxy groups -OCH3 is 1. The smallest absolute Gasteiger partial charge is 0.411 e. The summed E-state index contributed by atoms with van der Waals surface area (Å²) >= 11 is 1.32. The van der Waals surface area contributed by atoms with Gasteiger partial charge in [-0.05, 0) is 31.2 Å². The molecular formula is C16H15FN4O3S. The number of amides is 2. The predicted molar refractivity (Wildman–Crippen MR) is 93.7 cm³/mol. The lowest BCUT2D eigenvalue weighted by atomic mass is 10.2. The Hall–Kier alpha value is -2.94. The van der Waals surface area contributed by atoms with Gasteiger partial charge in [-0.25, -0.2) is 9.18 Å². The van der Waals surface area contributed by atoms with Crippen LogP contribution < -0.4 is 10.6 Å². The minimum absolute atomic E-state index is 0.0824. The average molecular weight is 362 g/mol. The lowest BCUT2D eigenvalue weighted by Crippen LogP contribution is -2.14. The Balaban J connectivity index is 1.83. The number of thiophene rings is 1. The van der Waals surface area contributed by atoms with Crippen molar-refractivity contribution in [3.8, 4) is 0 Å². The lowest BCUT2D eigenvalue weighted by molar-refractivity contribution is 0.103. The third-order valence-electron chi connectivity index (χ3n) is 3.57. The number of rotatable bonds is 3. The molecule has 0 aliphatic carbocycles. The lowest BCUT2D eigenvalue weighted by Gasteiger charge is -2.08. The van der Waals surface area contributed by atoms with Crippen LogP contribution in [0.3, 0.4) is 0 Å². The van der Waals surface area contributed by atoms with E-state index in [2.05, 4.69) is 20.5 Å². The highest BCUT2D eigenvalue weighted by molar-refractivity contribution is 7.20. The van der Waals surface area contributed by atoms with Crippen molar-refractivity contribution in [2.75, 3.05) is 17.7 Å². The van der Waals surface area contributed by atoms with Gasteiger partial charge in [0.25, 0.3) is 5.91 Å². The zero-order valence-electron chi connectivity index (χ0n) is 13.7. The van der Waals surface area contributed by atoms with Crippen LogP contribution in [0.5, 0.6) is 0 Å². The van der Waals surface area contributed by atoms with Gasteiger partial charge in [0.2, 0.25) is 0 Å². The molecule has 0 unspecified atom stereocenters. The summed E-state index contributed by atoms with van der Waals surface area (Å²) in [5, 5.41) is 10.2. The van der Waals surface area contributed by atoms with Gasteiger partial charge in [-0.1, -0.05) is 0 Å². The first-order chi connectivity index (χ1) is 11.9. The molecule has 2 heterocycles. The number of fused-ring (bicyclic) bond motifs is 1. The first-order valence-corrected chi connectivity index (χ1v) is 8.09. The first kappa shape index (κ1) is 16.9. The second-order valence-electron chi connectivity index (χ2n) is 5.30. The average Bonchev–Trinajstić information content (AvgIpc) is 3.12. The number of nitrogens with one attached hydrogen (secondary N) is 2. The zero-order valence-corrected chi connectivity index (χ0v) is 14.5. The Morgan fingerprint density at radius 1 is 1.28 bits per heavy atom. The van der Waals surface area contributed by atoms with Gasteiger partial charge in [0, 0.05) is 18.1 Å². The van der Waals surface area contributed by atoms with Gasteiger partial charge in [-0.15, -0.1) is 11.3 Å². The van der Waals surface area contributed by atoms with Gasteiger partial charge >= 0.3 is 6.09 Å². The van der Waals surface area contributed by atoms with Crippen molar-refractivity contribution < 1.29 is 18.7 Å². The number of aromatic nitrogens is 2. The maximum Gasteiger partial charge on any atom is 0.411 e. The Kier molecular flexibility index (Phi) is 4.41. The van der Waals surface area contributed by atoms with Gasteiger partial charge in [-0.3, -0.25) is 14.8 Å². The topological polar surface area (TPSA) is 85.2 Å². The van der Waals surface area contributed by atoms with Crippen LogP contribution in [-0.4, -0.2) is 28.9 Å². The molecular weight excluding hydrogens is 347 g/mol. The molecule has 2 aromatic heterocycles. The highest BCUT2D eigenvalue weighted by Gasteiger charge is 2.16. The number of carbonyl (C=O) groups is 2. The van der Waals surface area contributed by atoms with E-state index < -0.39 is 11.9 Å². The van der Waals surface area contributed by atoms with E-state index in [0.29, 0.717) is 10.6 Å². The van der Waals surface area contributed by atoms with Crippen LogP contribution in [-0.2, 0) is 11.8 Å². The summed E-state index contributed by atoms with van der Waals surface area (Å²) in [4.78, 5) is 25.1. The Bertz CT molecular complexity index is 945. The highest BCUT2D eigenvalue weighted by atomic mass is 32.1. The molecule has 0 aliphatic heterocycles. The van der Waals surface area contributed by atoms with Gasteiger partial charge in [0.05, 0.1) is 23.4 Å². The number of nitrogens with zero attached hydrogens (tertiary/aromatic N) is 2. The number of anilines is 2. The van der Waals surface area contributed by atoms with E-state index in [1.807, 2.05) is 14.0 Å². The summed E-state index contributed by atoms with van der Waals surface area (Å²) in [5.74, 6) is -0.955. The van der Waals surface area contributed by atoms with Crippen LogP contribution in [0.25, 0.3) is 10.2 Å². The van der Waals surface area contributed by atoms with E-state index in [1.165, 1.54) is 30.6 Å². The van der Waals surface area contributed by atoms with Crippen LogP contribution in [0.2, 0.25) is 0 Å². The van der Waals surface area contributed by atoms with Crippen molar-refractivity contribution >= 4 is 44.9 Å². The number of ether oxygens (including phenoxy) is 1. The van der Waals surface area contributed by atoms with Crippen molar-refractivity contribution in [2.45, 2.75) is 6.92 Å². The number of aryl methyl sites for hydroxylation is 2. The van der Waals surface area contributed by atoms with Gasteiger partial charge < -0.3 is 10.1 Å². The number of hydrogen-bond acceptors (Lipinski definition) is 5. The van der Waals surface area contributed by atoms with E-state index in [9.17, 15) is 14.0 Å². The molecule has 7 nitrogen and oxygen atoms in total. The monoisotopic (exact) mass is 362 g/mol. The summed E-state index contributed by atoms with van der Waals surface area (Å²) in [5.41, 5.74) is 1.12. The second-order valence-corrected chi connectivity index (χ2v) is 6.33. The fraction of sp³-hybridized carbons (Fsp3) is 0.188. The van der Waals surface area contributed by atoms with E-state index in [4.69, 9.17) is 0 Å². The molecule has 25 heavy (non-hydrogen) atoms. The van der Waals surface area contributed by atoms with E-state index in [0.717, 1.165) is 22.0 Å². The maximum absolute atomic E-state index is 13.7. The van der Waals surface area contributed by atoms with E-state index in [1.54, 1.807) is 10.7 Å². The number of halogens is 1. The van der Waals surface area contributed by atoms with Crippen LogP contribution in [0, 0.1) is 12.7 Å². The largest absolute Gasteiger partial charge is 0.453 e. The predicted octanol–water partition coefficient (Wildman–Crippen LogP) is 3.51. The molecule has 0 spiro atoms. The molecule has 9 heteroatoms. The van der Waals surface area contributed by atoms with Crippen molar-refractivity contribution in [1.82, 2.24) is 9.78 Å². The first-order valence-electron chi connectivity index (χ1n) is 7.28. The molecule has 0 saturated heterocycles. The highest BCUT2D eigenvalue weighted by Crippen LogP contribution is 2.28.